The van der Waals surface area contributed by atoms with Gasteiger partial charge in [0, 0.05) is 11.4 Å². The van der Waals surface area contributed by atoms with Crippen LogP contribution in [0.4, 0.5) is 0 Å². The lowest BCUT2D eigenvalue weighted by Gasteiger charge is -2.24. The highest BCUT2D eigenvalue weighted by Gasteiger charge is 2.19. The molecule has 0 aliphatic heterocycles. The number of amides is 1. The van der Waals surface area contributed by atoms with E-state index in [1.54, 1.807) is 29.3 Å². The van der Waals surface area contributed by atoms with Gasteiger partial charge in [-0.25, -0.2) is 9.67 Å². The third kappa shape index (κ3) is 3.43. The number of nitrogens with zero attached hydrogens (tertiary/aromatic N) is 4. The number of carbonyl (C=O) groups is 1. The lowest BCUT2D eigenvalue weighted by atomic mass is 10.2. The maximum absolute atomic E-state index is 12.1. The Morgan fingerprint density at radius 1 is 1.55 bits per heavy atom. The summed E-state index contributed by atoms with van der Waals surface area (Å²) in [7, 11) is 4.02. The highest BCUT2D eigenvalue weighted by atomic mass is 32.1. The standard InChI is InChI=1S/C13H19N5OS/c1-10(18-9-14-8-16-18)13(19)15-7-11(17(2)3)12-5-4-6-20-12/h4-6,8-11H,7H2,1-3H3,(H,15,19). The number of likely N-dealkylation sites (N-methyl/N-ethyl adjacent to an activating group) is 1. The van der Waals surface area contributed by atoms with Gasteiger partial charge >= 0.3 is 0 Å². The number of thiophene rings is 1. The third-order valence-corrected chi connectivity index (χ3v) is 4.15. The predicted octanol–water partition coefficient (Wildman–Crippen LogP) is 1.32. The van der Waals surface area contributed by atoms with Crippen LogP contribution in [-0.4, -0.2) is 46.2 Å². The molecule has 7 heteroatoms. The number of hydrogen-bond donors (Lipinski definition) is 1. The summed E-state index contributed by atoms with van der Waals surface area (Å²) in [6.07, 6.45) is 2.98. The average molecular weight is 293 g/mol. The van der Waals surface area contributed by atoms with E-state index in [2.05, 4.69) is 26.4 Å². The number of rotatable bonds is 6. The summed E-state index contributed by atoms with van der Waals surface area (Å²) in [5, 5.41) is 9.01. The predicted molar refractivity (Wildman–Crippen MR) is 78.5 cm³/mol. The van der Waals surface area contributed by atoms with Crippen molar-refractivity contribution in [2.45, 2.75) is 19.0 Å². The van der Waals surface area contributed by atoms with Gasteiger partial charge in [-0.15, -0.1) is 11.3 Å². The van der Waals surface area contributed by atoms with Crippen molar-refractivity contribution in [2.75, 3.05) is 20.6 Å². The molecule has 2 rings (SSSR count). The van der Waals surface area contributed by atoms with E-state index in [4.69, 9.17) is 0 Å². The highest BCUT2D eigenvalue weighted by Crippen LogP contribution is 2.22. The van der Waals surface area contributed by atoms with Crippen LogP contribution in [-0.2, 0) is 4.79 Å². The Morgan fingerprint density at radius 2 is 2.35 bits per heavy atom. The van der Waals surface area contributed by atoms with Gasteiger partial charge in [-0.1, -0.05) is 6.07 Å². The first-order valence-corrected chi connectivity index (χ1v) is 7.29. The molecule has 0 aliphatic rings. The van der Waals surface area contributed by atoms with Gasteiger partial charge in [0.25, 0.3) is 0 Å². The van der Waals surface area contributed by atoms with Gasteiger partial charge in [-0.3, -0.25) is 4.79 Å². The van der Waals surface area contributed by atoms with Gasteiger partial charge in [-0.2, -0.15) is 5.10 Å². The minimum absolute atomic E-state index is 0.0566. The molecule has 0 spiro atoms. The molecule has 0 saturated heterocycles. The zero-order chi connectivity index (χ0) is 14.5. The van der Waals surface area contributed by atoms with Crippen molar-refractivity contribution in [1.29, 1.82) is 0 Å². The third-order valence-electron chi connectivity index (χ3n) is 3.18. The summed E-state index contributed by atoms with van der Waals surface area (Å²) < 4.78 is 1.55. The van der Waals surface area contributed by atoms with E-state index in [0.717, 1.165) is 0 Å². The first-order valence-electron chi connectivity index (χ1n) is 6.41. The van der Waals surface area contributed by atoms with E-state index in [9.17, 15) is 4.79 Å². The molecule has 1 amide bonds. The maximum atomic E-state index is 12.1. The van der Waals surface area contributed by atoms with Crippen LogP contribution in [0.1, 0.15) is 23.9 Å². The van der Waals surface area contributed by atoms with Crippen LogP contribution in [0.5, 0.6) is 0 Å². The summed E-state index contributed by atoms with van der Waals surface area (Å²) in [4.78, 5) is 19.3. The molecule has 0 radical (unpaired) electrons. The second kappa shape index (κ2) is 6.62. The summed E-state index contributed by atoms with van der Waals surface area (Å²) in [5.74, 6) is -0.0566. The molecule has 0 fully saturated rings. The molecule has 1 N–H and O–H groups in total. The zero-order valence-electron chi connectivity index (χ0n) is 11.9. The van der Waals surface area contributed by atoms with E-state index < -0.39 is 0 Å². The number of carbonyl (C=O) groups excluding carboxylic acids is 1. The second-order valence-electron chi connectivity index (χ2n) is 4.79. The fourth-order valence-corrected chi connectivity index (χ4v) is 2.82. The highest BCUT2D eigenvalue weighted by molar-refractivity contribution is 7.10. The molecule has 108 valence electrons. The first-order chi connectivity index (χ1) is 9.59. The maximum Gasteiger partial charge on any atom is 0.244 e. The van der Waals surface area contributed by atoms with Crippen molar-refractivity contribution in [3.8, 4) is 0 Å². The molecule has 2 aromatic rings. The van der Waals surface area contributed by atoms with Crippen molar-refractivity contribution in [2.24, 2.45) is 0 Å². The fraction of sp³-hybridized carbons (Fsp3) is 0.462. The molecule has 2 aromatic heterocycles. The molecular weight excluding hydrogens is 274 g/mol. The van der Waals surface area contributed by atoms with Crippen molar-refractivity contribution >= 4 is 17.2 Å². The summed E-state index contributed by atoms with van der Waals surface area (Å²) >= 11 is 1.70. The Balaban J connectivity index is 1.94. The molecule has 0 aliphatic carbocycles. The van der Waals surface area contributed by atoms with Crippen LogP contribution in [0.3, 0.4) is 0 Å². The Hall–Kier alpha value is -1.73. The molecule has 2 atom stereocenters. The van der Waals surface area contributed by atoms with E-state index in [1.165, 1.54) is 11.2 Å². The topological polar surface area (TPSA) is 63.1 Å². The van der Waals surface area contributed by atoms with Crippen LogP contribution in [0.2, 0.25) is 0 Å². The first kappa shape index (κ1) is 14.7. The van der Waals surface area contributed by atoms with Crippen molar-refractivity contribution in [1.82, 2.24) is 25.0 Å². The van der Waals surface area contributed by atoms with Gasteiger partial charge in [-0.05, 0) is 32.5 Å². The number of nitrogens with one attached hydrogen (secondary N) is 1. The molecular formula is C13H19N5OS. The van der Waals surface area contributed by atoms with Gasteiger partial charge in [0.1, 0.15) is 18.7 Å². The zero-order valence-corrected chi connectivity index (χ0v) is 12.7. The molecule has 6 nitrogen and oxygen atoms in total. The molecule has 0 saturated carbocycles. The quantitative estimate of drug-likeness (QED) is 0.872. The van der Waals surface area contributed by atoms with Gasteiger partial charge in [0.15, 0.2) is 0 Å². The SMILES string of the molecule is CC(C(=O)NCC(c1cccs1)N(C)C)n1cncn1. The van der Waals surface area contributed by atoms with Gasteiger partial charge < -0.3 is 10.2 Å². The Bertz CT molecular complexity index is 523. The van der Waals surface area contributed by atoms with Crippen LogP contribution in [0.15, 0.2) is 30.2 Å². The lowest BCUT2D eigenvalue weighted by molar-refractivity contribution is -0.124. The minimum atomic E-state index is -0.358. The molecule has 2 unspecified atom stereocenters. The molecule has 20 heavy (non-hydrogen) atoms. The van der Waals surface area contributed by atoms with Crippen molar-refractivity contribution in [3.63, 3.8) is 0 Å². The van der Waals surface area contributed by atoms with E-state index >= 15 is 0 Å². The Morgan fingerprint density at radius 3 is 2.90 bits per heavy atom. The van der Waals surface area contributed by atoms with E-state index in [1.807, 2.05) is 25.5 Å². The molecule has 0 bridgehead atoms. The summed E-state index contributed by atoms with van der Waals surface area (Å²) in [5.41, 5.74) is 0. The molecule has 0 aromatic carbocycles. The van der Waals surface area contributed by atoms with E-state index in [0.29, 0.717) is 6.54 Å². The Labute approximate surface area is 122 Å². The number of aromatic nitrogens is 3. The largest absolute Gasteiger partial charge is 0.352 e. The summed E-state index contributed by atoms with van der Waals surface area (Å²) in [6, 6.07) is 3.93. The van der Waals surface area contributed by atoms with Crippen LogP contribution in [0, 0.1) is 0 Å². The molecule has 2 heterocycles. The lowest BCUT2D eigenvalue weighted by Crippen LogP contribution is -2.37. The van der Waals surface area contributed by atoms with E-state index in [-0.39, 0.29) is 18.0 Å². The van der Waals surface area contributed by atoms with Crippen LogP contribution >= 0.6 is 11.3 Å². The smallest absolute Gasteiger partial charge is 0.244 e. The second-order valence-corrected chi connectivity index (χ2v) is 5.77. The minimum Gasteiger partial charge on any atom is -0.352 e. The van der Waals surface area contributed by atoms with Crippen LogP contribution in [0.25, 0.3) is 0 Å². The van der Waals surface area contributed by atoms with Crippen molar-refractivity contribution < 1.29 is 4.79 Å². The average Bonchev–Trinajstić information content (AvgIpc) is 3.10. The fourth-order valence-electron chi connectivity index (χ4n) is 1.90. The van der Waals surface area contributed by atoms with Gasteiger partial charge in [0.05, 0.1) is 6.04 Å². The summed E-state index contributed by atoms with van der Waals surface area (Å²) in [6.45, 7) is 2.38. The van der Waals surface area contributed by atoms with Gasteiger partial charge in [0.2, 0.25) is 5.91 Å². The van der Waals surface area contributed by atoms with Crippen LogP contribution < -0.4 is 5.32 Å². The normalized spacial score (nSPS) is 14.2. The Kier molecular flexibility index (Phi) is 4.86. The number of hydrogen-bond acceptors (Lipinski definition) is 5. The van der Waals surface area contributed by atoms with Crippen molar-refractivity contribution in [3.05, 3.63) is 35.0 Å². The monoisotopic (exact) mass is 293 g/mol.